The van der Waals surface area contributed by atoms with E-state index in [9.17, 15) is 4.79 Å². The first-order valence-electron chi connectivity index (χ1n) is 5.18. The molecule has 0 radical (unpaired) electrons. The van der Waals surface area contributed by atoms with Crippen LogP contribution < -0.4 is 5.32 Å². The van der Waals surface area contributed by atoms with Crippen molar-refractivity contribution in [2.24, 2.45) is 0 Å². The van der Waals surface area contributed by atoms with Crippen molar-refractivity contribution < 1.29 is 4.79 Å². The van der Waals surface area contributed by atoms with Gasteiger partial charge in [-0.25, -0.2) is 0 Å². The molecule has 1 aromatic heterocycles. The van der Waals surface area contributed by atoms with E-state index in [0.29, 0.717) is 14.9 Å². The zero-order chi connectivity index (χ0) is 12.6. The van der Waals surface area contributed by atoms with E-state index in [1.807, 2.05) is 26.0 Å². The molecule has 1 amide bonds. The summed E-state index contributed by atoms with van der Waals surface area (Å²) in [5, 5.41) is 4.60. The van der Waals surface area contributed by atoms with Gasteiger partial charge in [-0.3, -0.25) is 4.79 Å². The second-order valence-electron chi connectivity index (χ2n) is 3.99. The lowest BCUT2D eigenvalue weighted by atomic mass is 10.2. The number of thiophene rings is 1. The summed E-state index contributed by atoms with van der Waals surface area (Å²) in [5.41, 5.74) is 0. The van der Waals surface area contributed by atoms with Crippen molar-refractivity contribution in [1.29, 1.82) is 0 Å². The molecule has 2 rings (SSSR count). The first-order chi connectivity index (χ1) is 8.00. The standard InChI is InChI=1S/C12H11Cl2NOS/c1-6(2)15-12(16)11-10(14)9-7(13)4-3-5-8(9)17-11/h3-6H,1-2H3,(H,15,16). The number of fused-ring (bicyclic) bond motifs is 1. The van der Waals surface area contributed by atoms with E-state index in [0.717, 1.165) is 10.1 Å². The van der Waals surface area contributed by atoms with Gasteiger partial charge in [-0.15, -0.1) is 11.3 Å². The Balaban J connectivity index is 2.53. The van der Waals surface area contributed by atoms with Crippen molar-refractivity contribution in [3.8, 4) is 0 Å². The average molecular weight is 288 g/mol. The van der Waals surface area contributed by atoms with Crippen LogP contribution in [0.15, 0.2) is 18.2 Å². The molecule has 0 spiro atoms. The number of carbonyl (C=O) groups excluding carboxylic acids is 1. The predicted molar refractivity (Wildman–Crippen MR) is 74.4 cm³/mol. The number of hydrogen-bond acceptors (Lipinski definition) is 2. The van der Waals surface area contributed by atoms with Crippen LogP contribution in [0.1, 0.15) is 23.5 Å². The van der Waals surface area contributed by atoms with Gasteiger partial charge in [0.25, 0.3) is 5.91 Å². The molecule has 0 fully saturated rings. The minimum Gasteiger partial charge on any atom is -0.349 e. The van der Waals surface area contributed by atoms with Crippen molar-refractivity contribution in [2.45, 2.75) is 19.9 Å². The number of benzene rings is 1. The van der Waals surface area contributed by atoms with Gasteiger partial charge in [0.05, 0.1) is 10.0 Å². The molecule has 0 unspecified atom stereocenters. The molecule has 0 bridgehead atoms. The van der Waals surface area contributed by atoms with E-state index in [-0.39, 0.29) is 11.9 Å². The normalized spacial score (nSPS) is 11.1. The summed E-state index contributed by atoms with van der Waals surface area (Å²) in [4.78, 5) is 12.4. The highest BCUT2D eigenvalue weighted by Crippen LogP contribution is 2.39. The lowest BCUT2D eigenvalue weighted by Crippen LogP contribution is -2.29. The number of amides is 1. The molecule has 2 aromatic rings. The van der Waals surface area contributed by atoms with Crippen LogP contribution in [0.3, 0.4) is 0 Å². The molecule has 0 atom stereocenters. The Labute approximate surface area is 114 Å². The van der Waals surface area contributed by atoms with E-state index in [2.05, 4.69) is 5.32 Å². The maximum atomic E-state index is 11.9. The van der Waals surface area contributed by atoms with Crippen molar-refractivity contribution in [3.05, 3.63) is 33.1 Å². The molecular formula is C12H11Cl2NOS. The third-order valence-corrected chi connectivity index (χ3v) is 4.19. The molecule has 0 aliphatic rings. The highest BCUT2D eigenvalue weighted by molar-refractivity contribution is 7.21. The van der Waals surface area contributed by atoms with E-state index in [1.54, 1.807) is 6.07 Å². The van der Waals surface area contributed by atoms with Crippen LogP contribution in [0.25, 0.3) is 10.1 Å². The Morgan fingerprint density at radius 1 is 1.35 bits per heavy atom. The molecule has 1 aromatic carbocycles. The van der Waals surface area contributed by atoms with Gasteiger partial charge in [0.1, 0.15) is 4.88 Å². The summed E-state index contributed by atoms with van der Waals surface area (Å²) in [6, 6.07) is 5.61. The zero-order valence-electron chi connectivity index (χ0n) is 9.38. The second kappa shape index (κ2) is 4.84. The fourth-order valence-electron chi connectivity index (χ4n) is 1.54. The monoisotopic (exact) mass is 287 g/mol. The molecule has 17 heavy (non-hydrogen) atoms. The third kappa shape index (κ3) is 2.41. The first-order valence-corrected chi connectivity index (χ1v) is 6.75. The van der Waals surface area contributed by atoms with Gasteiger partial charge in [-0.2, -0.15) is 0 Å². The highest BCUT2D eigenvalue weighted by Gasteiger charge is 2.18. The lowest BCUT2D eigenvalue weighted by molar-refractivity contribution is 0.0947. The van der Waals surface area contributed by atoms with Crippen LogP contribution in [0.2, 0.25) is 10.0 Å². The van der Waals surface area contributed by atoms with E-state index in [4.69, 9.17) is 23.2 Å². The average Bonchev–Trinajstić information content (AvgIpc) is 2.56. The molecule has 90 valence electrons. The maximum Gasteiger partial charge on any atom is 0.263 e. The Bertz CT molecular complexity index is 577. The molecule has 0 saturated heterocycles. The van der Waals surface area contributed by atoms with Crippen molar-refractivity contribution >= 4 is 50.5 Å². The van der Waals surface area contributed by atoms with Gasteiger partial charge in [0.15, 0.2) is 0 Å². The zero-order valence-corrected chi connectivity index (χ0v) is 11.7. The highest BCUT2D eigenvalue weighted by atomic mass is 35.5. The number of halogens is 2. The summed E-state index contributed by atoms with van der Waals surface area (Å²) in [6.45, 7) is 3.82. The summed E-state index contributed by atoms with van der Waals surface area (Å²) in [6.07, 6.45) is 0. The van der Waals surface area contributed by atoms with Crippen molar-refractivity contribution in [2.75, 3.05) is 0 Å². The van der Waals surface area contributed by atoms with Crippen molar-refractivity contribution in [3.63, 3.8) is 0 Å². The lowest BCUT2D eigenvalue weighted by Gasteiger charge is -2.06. The topological polar surface area (TPSA) is 29.1 Å². The van der Waals surface area contributed by atoms with Crippen LogP contribution in [0, 0.1) is 0 Å². The first kappa shape index (κ1) is 12.7. The maximum absolute atomic E-state index is 11.9. The fourth-order valence-corrected chi connectivity index (χ4v) is 3.40. The SMILES string of the molecule is CC(C)NC(=O)c1sc2cccc(Cl)c2c1Cl. The molecular weight excluding hydrogens is 277 g/mol. The number of hydrogen-bond donors (Lipinski definition) is 1. The molecule has 1 heterocycles. The summed E-state index contributed by atoms with van der Waals surface area (Å²) in [5.74, 6) is -0.151. The van der Waals surface area contributed by atoms with E-state index in [1.165, 1.54) is 11.3 Å². The quantitative estimate of drug-likeness (QED) is 0.874. The van der Waals surface area contributed by atoms with E-state index < -0.39 is 0 Å². The van der Waals surface area contributed by atoms with Crippen molar-refractivity contribution in [1.82, 2.24) is 5.32 Å². The molecule has 0 aliphatic heterocycles. The van der Waals surface area contributed by atoms with Gasteiger partial charge in [0, 0.05) is 16.1 Å². The second-order valence-corrected chi connectivity index (χ2v) is 5.82. The van der Waals surface area contributed by atoms with Crippen LogP contribution in [0.4, 0.5) is 0 Å². The van der Waals surface area contributed by atoms with Gasteiger partial charge in [-0.05, 0) is 26.0 Å². The summed E-state index contributed by atoms with van der Waals surface area (Å²) >= 11 is 13.6. The Hall–Kier alpha value is -0.770. The van der Waals surface area contributed by atoms with Gasteiger partial charge < -0.3 is 5.32 Å². The molecule has 0 aliphatic carbocycles. The Morgan fingerprint density at radius 2 is 2.06 bits per heavy atom. The molecule has 5 heteroatoms. The molecule has 2 nitrogen and oxygen atoms in total. The van der Waals surface area contributed by atoms with Crippen LogP contribution >= 0.6 is 34.5 Å². The number of nitrogens with one attached hydrogen (secondary N) is 1. The summed E-state index contributed by atoms with van der Waals surface area (Å²) < 4.78 is 0.927. The number of carbonyl (C=O) groups is 1. The number of rotatable bonds is 2. The van der Waals surface area contributed by atoms with Gasteiger partial charge in [0.2, 0.25) is 0 Å². The minimum absolute atomic E-state index is 0.0826. The third-order valence-electron chi connectivity index (χ3n) is 2.23. The summed E-state index contributed by atoms with van der Waals surface area (Å²) in [7, 11) is 0. The van der Waals surface area contributed by atoms with E-state index >= 15 is 0 Å². The largest absolute Gasteiger partial charge is 0.349 e. The smallest absolute Gasteiger partial charge is 0.263 e. The van der Waals surface area contributed by atoms with Crippen LogP contribution in [0.5, 0.6) is 0 Å². The van der Waals surface area contributed by atoms with Crippen LogP contribution in [-0.4, -0.2) is 11.9 Å². The van der Waals surface area contributed by atoms with Gasteiger partial charge >= 0.3 is 0 Å². The Morgan fingerprint density at radius 3 is 2.65 bits per heavy atom. The Kier molecular flexibility index (Phi) is 3.61. The molecule has 0 saturated carbocycles. The fraction of sp³-hybridized carbons (Fsp3) is 0.250. The van der Waals surface area contributed by atoms with Gasteiger partial charge in [-0.1, -0.05) is 29.3 Å². The minimum atomic E-state index is -0.151. The predicted octanol–water partition coefficient (Wildman–Crippen LogP) is 4.35. The molecule has 1 N–H and O–H groups in total. The van der Waals surface area contributed by atoms with Crippen LogP contribution in [-0.2, 0) is 0 Å².